The third-order valence-corrected chi connectivity index (χ3v) is 3.86. The van der Waals surface area contributed by atoms with Gasteiger partial charge in [-0.25, -0.2) is 4.39 Å². The third-order valence-electron chi connectivity index (χ3n) is 3.66. The van der Waals surface area contributed by atoms with E-state index in [1.54, 1.807) is 32.2 Å². The third kappa shape index (κ3) is 5.52. The Kier molecular flexibility index (Phi) is 7.08. The molecule has 2 rings (SSSR count). The van der Waals surface area contributed by atoms with Crippen LogP contribution in [0.15, 0.2) is 24.3 Å². The summed E-state index contributed by atoms with van der Waals surface area (Å²) < 4.78 is 21.0. The Morgan fingerprint density at radius 1 is 1.35 bits per heavy atom. The second-order valence-corrected chi connectivity index (χ2v) is 6.31. The number of ether oxygens (including phenoxy) is 1. The van der Waals surface area contributed by atoms with Crippen LogP contribution in [0.25, 0.3) is 0 Å². The van der Waals surface area contributed by atoms with Gasteiger partial charge in [0.1, 0.15) is 5.69 Å². The average molecular weight is 378 g/mol. The molecule has 0 saturated carbocycles. The predicted molar refractivity (Wildman–Crippen MR) is 103 cm³/mol. The summed E-state index contributed by atoms with van der Waals surface area (Å²) in [6.07, 6.45) is 3.02. The second kappa shape index (κ2) is 9.28. The van der Waals surface area contributed by atoms with Crippen molar-refractivity contribution in [2.45, 2.75) is 33.1 Å². The number of unbranched alkanes of at least 4 members (excludes halogenated alkanes) is 2. The van der Waals surface area contributed by atoms with Gasteiger partial charge in [0, 0.05) is 18.8 Å². The first-order valence-corrected chi connectivity index (χ1v) is 8.87. The maximum atomic E-state index is 14.1. The number of hydrogen-bond acceptors (Lipinski definition) is 4. The van der Waals surface area contributed by atoms with Crippen LogP contribution in [0.2, 0.25) is 0 Å². The lowest BCUT2D eigenvalue weighted by Gasteiger charge is -2.11. The van der Waals surface area contributed by atoms with Crippen LogP contribution >= 0.6 is 12.2 Å². The van der Waals surface area contributed by atoms with Crippen molar-refractivity contribution in [3.8, 4) is 5.75 Å². The summed E-state index contributed by atoms with van der Waals surface area (Å²) in [5.74, 6) is -0.670. The minimum atomic E-state index is -0.483. The van der Waals surface area contributed by atoms with Crippen molar-refractivity contribution in [3.63, 3.8) is 0 Å². The standard InChI is InChI=1S/C18H23FN4O2S/c1-4-5-6-9-25-16-8-7-13(11-14(16)19)20-18(26)21-17(24)15-10-12(2)22-23(15)3/h7-8,10-11H,4-6,9H2,1-3H3,(H2,20,21,24,26). The van der Waals surface area contributed by atoms with E-state index in [1.807, 2.05) is 0 Å². The van der Waals surface area contributed by atoms with Crippen molar-refractivity contribution in [1.29, 1.82) is 0 Å². The molecule has 26 heavy (non-hydrogen) atoms. The van der Waals surface area contributed by atoms with Crippen LogP contribution in [-0.4, -0.2) is 27.4 Å². The van der Waals surface area contributed by atoms with Gasteiger partial charge in [0.05, 0.1) is 12.3 Å². The Hall–Kier alpha value is -2.48. The Bertz CT molecular complexity index is 791. The molecule has 0 atom stereocenters. The first kappa shape index (κ1) is 19.8. The first-order chi connectivity index (χ1) is 12.4. The van der Waals surface area contributed by atoms with Gasteiger partial charge < -0.3 is 10.1 Å². The predicted octanol–water partition coefficient (Wildman–Crippen LogP) is 3.56. The fourth-order valence-electron chi connectivity index (χ4n) is 2.38. The number of rotatable bonds is 7. The summed E-state index contributed by atoms with van der Waals surface area (Å²) >= 11 is 5.11. The topological polar surface area (TPSA) is 68.2 Å². The first-order valence-electron chi connectivity index (χ1n) is 8.46. The van der Waals surface area contributed by atoms with Gasteiger partial charge in [-0.15, -0.1) is 0 Å². The molecule has 6 nitrogen and oxygen atoms in total. The summed E-state index contributed by atoms with van der Waals surface area (Å²) in [5.41, 5.74) is 1.54. The zero-order valence-corrected chi connectivity index (χ0v) is 16.0. The van der Waals surface area contributed by atoms with Crippen LogP contribution in [0, 0.1) is 12.7 Å². The van der Waals surface area contributed by atoms with Crippen LogP contribution in [-0.2, 0) is 7.05 Å². The number of nitrogens with zero attached hydrogens (tertiary/aromatic N) is 2. The number of amides is 1. The molecule has 8 heteroatoms. The van der Waals surface area contributed by atoms with E-state index >= 15 is 0 Å². The van der Waals surface area contributed by atoms with Crippen molar-refractivity contribution in [3.05, 3.63) is 41.5 Å². The van der Waals surface area contributed by atoms with Gasteiger partial charge in [0.15, 0.2) is 16.7 Å². The summed E-state index contributed by atoms with van der Waals surface area (Å²) in [6.45, 7) is 4.37. The van der Waals surface area contributed by atoms with Gasteiger partial charge in [-0.2, -0.15) is 5.10 Å². The molecule has 2 N–H and O–H groups in total. The minimum absolute atomic E-state index is 0.0740. The van der Waals surface area contributed by atoms with E-state index < -0.39 is 5.82 Å². The lowest BCUT2D eigenvalue weighted by molar-refractivity contribution is 0.0968. The Morgan fingerprint density at radius 2 is 2.12 bits per heavy atom. The van der Waals surface area contributed by atoms with E-state index in [2.05, 4.69) is 22.7 Å². The Morgan fingerprint density at radius 3 is 2.73 bits per heavy atom. The molecule has 1 aromatic carbocycles. The van der Waals surface area contributed by atoms with E-state index in [1.165, 1.54) is 10.7 Å². The fourth-order valence-corrected chi connectivity index (χ4v) is 2.59. The Balaban J connectivity index is 1.91. The number of halogens is 1. The number of nitrogens with one attached hydrogen (secondary N) is 2. The van der Waals surface area contributed by atoms with Crippen molar-refractivity contribution in [2.24, 2.45) is 7.05 Å². The minimum Gasteiger partial charge on any atom is -0.491 e. The molecule has 2 aromatic rings. The number of benzene rings is 1. The molecule has 0 aliphatic rings. The van der Waals surface area contributed by atoms with Crippen LogP contribution in [0.1, 0.15) is 42.4 Å². The lowest BCUT2D eigenvalue weighted by Crippen LogP contribution is -2.35. The van der Waals surface area contributed by atoms with E-state index in [9.17, 15) is 9.18 Å². The monoisotopic (exact) mass is 378 g/mol. The number of carbonyl (C=O) groups is 1. The maximum absolute atomic E-state index is 14.1. The number of aromatic nitrogens is 2. The van der Waals surface area contributed by atoms with Crippen molar-refractivity contribution < 1.29 is 13.9 Å². The quantitative estimate of drug-likeness (QED) is 0.570. The Labute approximate surface area is 157 Å². The molecule has 0 radical (unpaired) electrons. The van der Waals surface area contributed by atoms with Gasteiger partial charge in [-0.3, -0.25) is 14.8 Å². The molecule has 0 bridgehead atoms. The normalized spacial score (nSPS) is 10.5. The van der Waals surface area contributed by atoms with Crippen LogP contribution in [0.4, 0.5) is 10.1 Å². The zero-order chi connectivity index (χ0) is 19.1. The zero-order valence-electron chi connectivity index (χ0n) is 15.1. The van der Waals surface area contributed by atoms with Crippen molar-refractivity contribution in [2.75, 3.05) is 11.9 Å². The molecule has 0 fully saturated rings. The largest absolute Gasteiger partial charge is 0.491 e. The number of hydrogen-bond donors (Lipinski definition) is 2. The molecule has 0 aliphatic carbocycles. The molecular formula is C18H23FN4O2S. The van der Waals surface area contributed by atoms with E-state index in [0.29, 0.717) is 18.0 Å². The van der Waals surface area contributed by atoms with Crippen LogP contribution in [0.3, 0.4) is 0 Å². The smallest absolute Gasteiger partial charge is 0.275 e. The summed E-state index contributed by atoms with van der Waals surface area (Å²) in [6, 6.07) is 6.12. The highest BCUT2D eigenvalue weighted by Crippen LogP contribution is 2.21. The molecule has 0 aliphatic heterocycles. The molecule has 140 valence electrons. The summed E-state index contributed by atoms with van der Waals surface area (Å²) in [5, 5.41) is 9.52. The van der Waals surface area contributed by atoms with Crippen LogP contribution < -0.4 is 15.4 Å². The second-order valence-electron chi connectivity index (χ2n) is 5.90. The van der Waals surface area contributed by atoms with E-state index in [0.717, 1.165) is 25.0 Å². The van der Waals surface area contributed by atoms with Gasteiger partial charge in [0.25, 0.3) is 5.91 Å². The number of carbonyl (C=O) groups excluding carboxylic acids is 1. The van der Waals surface area contributed by atoms with Gasteiger partial charge in [-0.1, -0.05) is 19.8 Å². The maximum Gasteiger partial charge on any atom is 0.275 e. The van der Waals surface area contributed by atoms with Crippen molar-refractivity contribution >= 4 is 28.9 Å². The molecule has 0 unspecified atom stereocenters. The number of anilines is 1. The highest BCUT2D eigenvalue weighted by atomic mass is 32.1. The summed E-state index contributed by atoms with van der Waals surface area (Å²) in [7, 11) is 1.67. The highest BCUT2D eigenvalue weighted by Gasteiger charge is 2.13. The lowest BCUT2D eigenvalue weighted by atomic mass is 10.2. The molecule has 0 spiro atoms. The molecule has 0 saturated heterocycles. The SMILES string of the molecule is CCCCCOc1ccc(NC(=S)NC(=O)c2cc(C)nn2C)cc1F. The molecule has 1 aromatic heterocycles. The molecular weight excluding hydrogens is 355 g/mol. The average Bonchev–Trinajstić information content (AvgIpc) is 2.91. The number of thiocarbonyl (C=S) groups is 1. The highest BCUT2D eigenvalue weighted by molar-refractivity contribution is 7.80. The summed E-state index contributed by atoms with van der Waals surface area (Å²) in [4.78, 5) is 12.2. The number of aryl methyl sites for hydroxylation is 2. The van der Waals surface area contributed by atoms with Gasteiger partial charge in [-0.05, 0) is 43.8 Å². The molecule has 1 amide bonds. The van der Waals surface area contributed by atoms with Gasteiger partial charge in [0.2, 0.25) is 0 Å². The van der Waals surface area contributed by atoms with Gasteiger partial charge >= 0.3 is 0 Å². The van der Waals surface area contributed by atoms with Crippen LogP contribution in [0.5, 0.6) is 5.75 Å². The van der Waals surface area contributed by atoms with E-state index in [-0.39, 0.29) is 16.8 Å². The van der Waals surface area contributed by atoms with Crippen molar-refractivity contribution in [1.82, 2.24) is 15.1 Å². The fraction of sp³-hybridized carbons (Fsp3) is 0.389. The van der Waals surface area contributed by atoms with E-state index in [4.69, 9.17) is 17.0 Å². The molecule has 1 heterocycles.